The molecular weight excluding hydrogens is 276 g/mol. The van der Waals surface area contributed by atoms with Crippen molar-refractivity contribution < 1.29 is 9.53 Å². The second-order valence-corrected chi connectivity index (χ2v) is 5.93. The summed E-state index contributed by atoms with van der Waals surface area (Å²) in [6, 6.07) is 0. The quantitative estimate of drug-likeness (QED) is 0.713. The van der Waals surface area contributed by atoms with Crippen LogP contribution in [0.1, 0.15) is 30.4 Å². The van der Waals surface area contributed by atoms with Gasteiger partial charge < -0.3 is 20.7 Å². The second kappa shape index (κ2) is 8.06. The highest BCUT2D eigenvalue weighted by Crippen LogP contribution is 2.26. The van der Waals surface area contributed by atoms with Gasteiger partial charge in [0.1, 0.15) is 10.7 Å². The summed E-state index contributed by atoms with van der Waals surface area (Å²) in [5.41, 5.74) is 5.79. The van der Waals surface area contributed by atoms with Gasteiger partial charge >= 0.3 is 0 Å². The highest BCUT2D eigenvalue weighted by atomic mass is 32.1. The maximum Gasteiger partial charge on any atom is 0.265 e. The van der Waals surface area contributed by atoms with Crippen LogP contribution in [0.2, 0.25) is 0 Å². The summed E-state index contributed by atoms with van der Waals surface area (Å²) in [4.78, 5) is 18.6. The summed E-state index contributed by atoms with van der Waals surface area (Å²) in [6.45, 7) is 8.68. The number of thiazole rings is 1. The molecule has 1 amide bonds. The number of ether oxygens (including phenoxy) is 1. The fraction of sp³-hybridized carbons (Fsp3) is 0.692. The van der Waals surface area contributed by atoms with Gasteiger partial charge in [0.15, 0.2) is 5.13 Å². The molecule has 1 aromatic rings. The smallest absolute Gasteiger partial charge is 0.265 e. The van der Waals surface area contributed by atoms with Crippen LogP contribution in [0.3, 0.4) is 0 Å². The Morgan fingerprint density at radius 1 is 1.55 bits per heavy atom. The lowest BCUT2D eigenvalue weighted by atomic mass is 10.2. The molecule has 0 fully saturated rings. The van der Waals surface area contributed by atoms with E-state index >= 15 is 0 Å². The maximum atomic E-state index is 12.0. The number of rotatable bonds is 8. The largest absolute Gasteiger partial charge is 0.382 e. The minimum Gasteiger partial charge on any atom is -0.382 e. The third-order valence-corrected chi connectivity index (χ3v) is 3.82. The number of nitrogens with two attached hydrogens (primary N) is 1. The minimum absolute atomic E-state index is 0.191. The normalized spacial score (nSPS) is 10.8. The van der Waals surface area contributed by atoms with Crippen molar-refractivity contribution >= 4 is 28.2 Å². The number of nitrogen functional groups attached to an aromatic ring is 1. The van der Waals surface area contributed by atoms with E-state index in [9.17, 15) is 4.79 Å². The average Bonchev–Trinajstić information content (AvgIpc) is 2.79. The number of hydrogen-bond donors (Lipinski definition) is 2. The fourth-order valence-electron chi connectivity index (χ4n) is 1.42. The Bertz CT molecular complexity index is 434. The Kier molecular flexibility index (Phi) is 6.74. The number of carbonyl (C=O) groups is 1. The zero-order chi connectivity index (χ0) is 15.1. The third kappa shape index (κ3) is 4.97. The van der Waals surface area contributed by atoms with Crippen molar-refractivity contribution in [3.05, 3.63) is 4.88 Å². The van der Waals surface area contributed by atoms with Crippen molar-refractivity contribution in [1.29, 1.82) is 0 Å². The minimum atomic E-state index is -0.191. The molecule has 0 spiro atoms. The second-order valence-electron chi connectivity index (χ2n) is 4.95. The van der Waals surface area contributed by atoms with E-state index in [1.54, 1.807) is 0 Å². The molecule has 0 unspecified atom stereocenters. The summed E-state index contributed by atoms with van der Waals surface area (Å²) in [5, 5.41) is 3.55. The first-order valence-corrected chi connectivity index (χ1v) is 7.60. The van der Waals surface area contributed by atoms with Gasteiger partial charge in [-0.15, -0.1) is 0 Å². The molecular formula is C13H24N4O2S. The number of carbonyl (C=O) groups excluding carboxylic acids is 1. The average molecular weight is 300 g/mol. The van der Waals surface area contributed by atoms with Gasteiger partial charge in [0, 0.05) is 26.7 Å². The van der Waals surface area contributed by atoms with Crippen LogP contribution in [0.4, 0.5) is 10.9 Å². The molecule has 0 radical (unpaired) electrons. The lowest BCUT2D eigenvalue weighted by molar-refractivity contribution is 0.0890. The Labute approximate surface area is 124 Å². The van der Waals surface area contributed by atoms with Crippen LogP contribution >= 0.6 is 11.3 Å². The molecule has 0 atom stereocenters. The zero-order valence-corrected chi connectivity index (χ0v) is 13.4. The van der Waals surface area contributed by atoms with Crippen molar-refractivity contribution in [2.45, 2.75) is 20.8 Å². The first kappa shape index (κ1) is 16.7. The monoisotopic (exact) mass is 300 g/mol. The lowest BCUT2D eigenvalue weighted by Crippen LogP contribution is -2.27. The summed E-state index contributed by atoms with van der Waals surface area (Å²) in [5.74, 6) is 0.588. The van der Waals surface area contributed by atoms with Gasteiger partial charge in [-0.3, -0.25) is 4.79 Å². The SMILES string of the molecule is CCN(C)c1nc(N)c(C(=O)NCCOCC(C)C)s1. The number of anilines is 2. The van der Waals surface area contributed by atoms with Gasteiger partial charge in [0.2, 0.25) is 0 Å². The molecule has 6 nitrogen and oxygen atoms in total. The van der Waals surface area contributed by atoms with E-state index in [2.05, 4.69) is 24.1 Å². The Morgan fingerprint density at radius 2 is 2.25 bits per heavy atom. The molecule has 1 heterocycles. The van der Waals surface area contributed by atoms with Crippen molar-refractivity contribution in [3.63, 3.8) is 0 Å². The van der Waals surface area contributed by atoms with Gasteiger partial charge in [-0.1, -0.05) is 25.2 Å². The number of hydrogen-bond acceptors (Lipinski definition) is 6. The van der Waals surface area contributed by atoms with Gasteiger partial charge in [-0.2, -0.15) is 0 Å². The number of aromatic nitrogens is 1. The molecule has 114 valence electrons. The molecule has 0 aliphatic heterocycles. The van der Waals surface area contributed by atoms with Crippen molar-refractivity contribution in [3.8, 4) is 0 Å². The predicted molar refractivity (Wildman–Crippen MR) is 83.5 cm³/mol. The zero-order valence-electron chi connectivity index (χ0n) is 12.6. The molecule has 0 aliphatic carbocycles. The topological polar surface area (TPSA) is 80.5 Å². The van der Waals surface area contributed by atoms with Gasteiger partial charge in [-0.05, 0) is 12.8 Å². The molecule has 0 saturated heterocycles. The summed E-state index contributed by atoms with van der Waals surface area (Å²) < 4.78 is 5.41. The van der Waals surface area contributed by atoms with Crippen LogP contribution < -0.4 is 16.0 Å². The Hall–Kier alpha value is -1.34. The molecule has 7 heteroatoms. The van der Waals surface area contributed by atoms with E-state index in [1.165, 1.54) is 11.3 Å². The predicted octanol–water partition coefficient (Wildman–Crippen LogP) is 1.58. The molecule has 0 bridgehead atoms. The van der Waals surface area contributed by atoms with Crippen LogP contribution in [0.25, 0.3) is 0 Å². The number of nitrogens with one attached hydrogen (secondary N) is 1. The summed E-state index contributed by atoms with van der Waals surface area (Å²) in [6.07, 6.45) is 0. The molecule has 1 rings (SSSR count). The van der Waals surface area contributed by atoms with Gasteiger partial charge in [0.05, 0.1) is 6.61 Å². The highest BCUT2D eigenvalue weighted by Gasteiger charge is 2.17. The molecule has 1 aromatic heterocycles. The summed E-state index contributed by atoms with van der Waals surface area (Å²) in [7, 11) is 1.92. The van der Waals surface area contributed by atoms with Crippen LogP contribution in [0.15, 0.2) is 0 Å². The third-order valence-electron chi connectivity index (χ3n) is 2.63. The van der Waals surface area contributed by atoms with E-state index in [-0.39, 0.29) is 11.7 Å². The standard InChI is InChI=1S/C13H24N4O2S/c1-5-17(4)13-16-11(14)10(20-13)12(18)15-6-7-19-8-9(2)3/h9H,5-8,14H2,1-4H3,(H,15,18). The van der Waals surface area contributed by atoms with E-state index < -0.39 is 0 Å². The van der Waals surface area contributed by atoms with E-state index in [0.29, 0.717) is 30.6 Å². The van der Waals surface area contributed by atoms with E-state index in [1.807, 2.05) is 18.9 Å². The molecule has 20 heavy (non-hydrogen) atoms. The van der Waals surface area contributed by atoms with Crippen molar-refractivity contribution in [1.82, 2.24) is 10.3 Å². The highest BCUT2D eigenvalue weighted by molar-refractivity contribution is 7.18. The van der Waals surface area contributed by atoms with E-state index in [0.717, 1.165) is 11.7 Å². The molecule has 0 saturated carbocycles. The van der Waals surface area contributed by atoms with Gasteiger partial charge in [-0.25, -0.2) is 4.98 Å². The summed E-state index contributed by atoms with van der Waals surface area (Å²) >= 11 is 1.31. The molecule has 3 N–H and O–H groups in total. The van der Waals surface area contributed by atoms with Crippen molar-refractivity contribution in [2.75, 3.05) is 44.0 Å². The van der Waals surface area contributed by atoms with Crippen LogP contribution in [-0.2, 0) is 4.74 Å². The van der Waals surface area contributed by atoms with Crippen LogP contribution in [-0.4, -0.2) is 44.2 Å². The van der Waals surface area contributed by atoms with Crippen LogP contribution in [0, 0.1) is 5.92 Å². The first-order valence-electron chi connectivity index (χ1n) is 6.79. The van der Waals surface area contributed by atoms with E-state index in [4.69, 9.17) is 10.5 Å². The fourth-order valence-corrected chi connectivity index (χ4v) is 2.34. The number of amides is 1. The molecule has 0 aromatic carbocycles. The first-order chi connectivity index (χ1) is 9.45. The van der Waals surface area contributed by atoms with Gasteiger partial charge in [0.25, 0.3) is 5.91 Å². The molecule has 0 aliphatic rings. The van der Waals surface area contributed by atoms with Crippen LogP contribution in [0.5, 0.6) is 0 Å². The number of nitrogens with zero attached hydrogens (tertiary/aromatic N) is 2. The van der Waals surface area contributed by atoms with Crippen molar-refractivity contribution in [2.24, 2.45) is 5.92 Å². The Morgan fingerprint density at radius 3 is 2.85 bits per heavy atom. The Balaban J connectivity index is 2.45. The maximum absolute atomic E-state index is 12.0. The lowest BCUT2D eigenvalue weighted by Gasteiger charge is -2.10.